The predicted octanol–water partition coefficient (Wildman–Crippen LogP) is 3.22. The zero-order valence-electron chi connectivity index (χ0n) is 11.4. The predicted molar refractivity (Wildman–Crippen MR) is 78.8 cm³/mol. The highest BCUT2D eigenvalue weighted by molar-refractivity contribution is 7.20. The Morgan fingerprint density at radius 3 is 2.76 bits per heavy atom. The van der Waals surface area contributed by atoms with Gasteiger partial charge < -0.3 is 10.4 Å². The van der Waals surface area contributed by atoms with Gasteiger partial charge in [-0.2, -0.15) is 0 Å². The Hall–Kier alpha value is -1.95. The number of nitrogens with one attached hydrogen (secondary N) is 1. The molecule has 0 radical (unpaired) electrons. The normalized spacial score (nSPS) is 17.4. The number of fused-ring (bicyclic) bond motifs is 1. The Balaban J connectivity index is 1.89. The third-order valence-corrected chi connectivity index (χ3v) is 4.97. The van der Waals surface area contributed by atoms with Gasteiger partial charge in [0, 0.05) is 10.1 Å². The van der Waals surface area contributed by atoms with Crippen LogP contribution in [0, 0.1) is 0 Å². The van der Waals surface area contributed by atoms with E-state index in [-0.39, 0.29) is 11.5 Å². The van der Waals surface area contributed by atoms with Crippen LogP contribution in [-0.4, -0.2) is 28.7 Å². The molecule has 4 nitrogen and oxygen atoms in total. The van der Waals surface area contributed by atoms with E-state index in [1.54, 1.807) is 25.1 Å². The number of halogens is 1. The van der Waals surface area contributed by atoms with Crippen molar-refractivity contribution in [3.63, 3.8) is 0 Å². The van der Waals surface area contributed by atoms with Gasteiger partial charge in [-0.3, -0.25) is 4.79 Å². The summed E-state index contributed by atoms with van der Waals surface area (Å²) in [5.41, 5.74) is -1.11. The standard InChI is InChI=1S/C15H14FNO3S/c1-8(15(16)5-6-15)17-13(18)12-7-10-9(14(19)20)3-2-4-11(10)21-12/h2-4,7-8H,5-6H2,1H3,(H,17,18)(H,19,20). The molecule has 0 saturated heterocycles. The second kappa shape index (κ2) is 4.80. The molecule has 1 saturated carbocycles. The summed E-state index contributed by atoms with van der Waals surface area (Å²) >= 11 is 1.21. The lowest BCUT2D eigenvalue weighted by Gasteiger charge is -2.16. The maximum Gasteiger partial charge on any atom is 0.336 e. The van der Waals surface area contributed by atoms with Crippen molar-refractivity contribution in [2.75, 3.05) is 0 Å². The van der Waals surface area contributed by atoms with Crippen molar-refractivity contribution < 1.29 is 19.1 Å². The lowest BCUT2D eigenvalue weighted by molar-refractivity contribution is 0.0698. The molecule has 0 aliphatic heterocycles. The Morgan fingerprint density at radius 2 is 2.14 bits per heavy atom. The fourth-order valence-electron chi connectivity index (χ4n) is 2.31. The number of amides is 1. The monoisotopic (exact) mass is 307 g/mol. The van der Waals surface area contributed by atoms with Crippen LogP contribution in [0.2, 0.25) is 0 Å². The number of carbonyl (C=O) groups excluding carboxylic acids is 1. The molecular weight excluding hydrogens is 293 g/mol. The van der Waals surface area contributed by atoms with E-state index in [2.05, 4.69) is 5.32 Å². The third kappa shape index (κ3) is 2.51. The van der Waals surface area contributed by atoms with Gasteiger partial charge in [-0.05, 0) is 38.0 Å². The van der Waals surface area contributed by atoms with E-state index in [0.717, 1.165) is 4.70 Å². The van der Waals surface area contributed by atoms with Gasteiger partial charge in [0.25, 0.3) is 5.91 Å². The van der Waals surface area contributed by atoms with Gasteiger partial charge >= 0.3 is 5.97 Å². The zero-order chi connectivity index (χ0) is 15.2. The number of carboxylic acid groups (broad SMARTS) is 1. The van der Waals surface area contributed by atoms with Crippen LogP contribution in [0.25, 0.3) is 10.1 Å². The van der Waals surface area contributed by atoms with E-state index in [1.807, 2.05) is 0 Å². The summed E-state index contributed by atoms with van der Waals surface area (Å²) in [5, 5.41) is 12.3. The largest absolute Gasteiger partial charge is 0.478 e. The van der Waals surface area contributed by atoms with Crippen LogP contribution in [0.15, 0.2) is 24.3 Å². The SMILES string of the molecule is CC(NC(=O)c1cc2c(C(=O)O)cccc2s1)C1(F)CC1. The topological polar surface area (TPSA) is 66.4 Å². The second-order valence-electron chi connectivity index (χ2n) is 5.36. The summed E-state index contributed by atoms with van der Waals surface area (Å²) in [4.78, 5) is 23.7. The van der Waals surface area contributed by atoms with Crippen molar-refractivity contribution in [2.45, 2.75) is 31.5 Å². The Morgan fingerprint density at radius 1 is 1.43 bits per heavy atom. The minimum atomic E-state index is -1.28. The molecule has 1 amide bonds. The highest BCUT2D eigenvalue weighted by atomic mass is 32.1. The van der Waals surface area contributed by atoms with Gasteiger partial charge in [-0.1, -0.05) is 6.07 Å². The van der Waals surface area contributed by atoms with E-state index in [1.165, 1.54) is 17.4 Å². The molecule has 1 aliphatic rings. The Bertz CT molecular complexity index is 736. The van der Waals surface area contributed by atoms with Gasteiger partial charge in [0.2, 0.25) is 0 Å². The number of hydrogen-bond donors (Lipinski definition) is 2. The van der Waals surface area contributed by atoms with E-state index >= 15 is 0 Å². The number of aromatic carboxylic acids is 1. The summed E-state index contributed by atoms with van der Waals surface area (Å²) in [5.74, 6) is -1.39. The van der Waals surface area contributed by atoms with Gasteiger partial charge in [0.05, 0.1) is 16.5 Å². The van der Waals surface area contributed by atoms with Crippen molar-refractivity contribution >= 4 is 33.3 Å². The molecule has 0 bridgehead atoms. The quantitative estimate of drug-likeness (QED) is 0.911. The third-order valence-electron chi connectivity index (χ3n) is 3.87. The van der Waals surface area contributed by atoms with Crippen LogP contribution in [0.1, 0.15) is 39.8 Å². The van der Waals surface area contributed by atoms with Crippen LogP contribution in [0.5, 0.6) is 0 Å². The molecular formula is C15H14FNO3S. The van der Waals surface area contributed by atoms with Crippen molar-refractivity contribution in [1.82, 2.24) is 5.32 Å². The molecule has 1 atom stereocenters. The summed E-state index contributed by atoms with van der Waals surface area (Å²) in [6.45, 7) is 1.65. The first-order valence-corrected chi connectivity index (χ1v) is 7.48. The van der Waals surface area contributed by atoms with E-state index < -0.39 is 17.7 Å². The lowest BCUT2D eigenvalue weighted by atomic mass is 10.1. The average molecular weight is 307 g/mol. The second-order valence-corrected chi connectivity index (χ2v) is 6.45. The van der Waals surface area contributed by atoms with E-state index in [0.29, 0.717) is 23.1 Å². The molecule has 1 aromatic heterocycles. The van der Waals surface area contributed by atoms with Crippen molar-refractivity contribution in [3.8, 4) is 0 Å². The van der Waals surface area contributed by atoms with Crippen LogP contribution < -0.4 is 5.32 Å². The van der Waals surface area contributed by atoms with E-state index in [9.17, 15) is 14.0 Å². The summed E-state index contributed by atoms with van der Waals surface area (Å²) in [6, 6.07) is 5.94. The fourth-order valence-corrected chi connectivity index (χ4v) is 3.30. The first-order chi connectivity index (χ1) is 9.90. The van der Waals surface area contributed by atoms with Gasteiger partial charge in [-0.15, -0.1) is 11.3 Å². The van der Waals surface area contributed by atoms with Crippen molar-refractivity contribution in [3.05, 3.63) is 34.7 Å². The molecule has 2 aromatic rings. The zero-order valence-corrected chi connectivity index (χ0v) is 12.2. The molecule has 1 heterocycles. The molecule has 6 heteroatoms. The highest BCUT2D eigenvalue weighted by Crippen LogP contribution is 2.43. The summed E-state index contributed by atoms with van der Waals surface area (Å²) < 4.78 is 14.6. The molecule has 0 spiro atoms. The van der Waals surface area contributed by atoms with Crippen LogP contribution >= 0.6 is 11.3 Å². The number of alkyl halides is 1. The maximum absolute atomic E-state index is 13.9. The minimum Gasteiger partial charge on any atom is -0.478 e. The van der Waals surface area contributed by atoms with Crippen LogP contribution in [0.4, 0.5) is 4.39 Å². The molecule has 1 aromatic carbocycles. The smallest absolute Gasteiger partial charge is 0.336 e. The molecule has 21 heavy (non-hydrogen) atoms. The summed E-state index contributed by atoms with van der Waals surface area (Å²) in [7, 11) is 0. The maximum atomic E-state index is 13.9. The first kappa shape index (κ1) is 14.0. The fraction of sp³-hybridized carbons (Fsp3) is 0.333. The number of thiophene rings is 1. The molecule has 1 fully saturated rings. The van der Waals surface area contributed by atoms with Crippen LogP contribution in [-0.2, 0) is 0 Å². The highest BCUT2D eigenvalue weighted by Gasteiger charge is 2.48. The number of benzene rings is 1. The van der Waals surface area contributed by atoms with Gasteiger partial charge in [0.15, 0.2) is 0 Å². The number of carboxylic acids is 1. The minimum absolute atomic E-state index is 0.167. The lowest BCUT2D eigenvalue weighted by Crippen LogP contribution is -2.40. The number of hydrogen-bond acceptors (Lipinski definition) is 3. The Labute approximate surface area is 124 Å². The molecule has 110 valence electrons. The average Bonchev–Trinajstić information content (AvgIpc) is 3.04. The van der Waals surface area contributed by atoms with Gasteiger partial charge in [0.1, 0.15) is 5.67 Å². The molecule has 1 aliphatic carbocycles. The Kier molecular flexibility index (Phi) is 3.20. The molecule has 1 unspecified atom stereocenters. The van der Waals surface area contributed by atoms with Crippen molar-refractivity contribution in [1.29, 1.82) is 0 Å². The molecule has 2 N–H and O–H groups in total. The van der Waals surface area contributed by atoms with Crippen molar-refractivity contribution in [2.24, 2.45) is 0 Å². The number of rotatable bonds is 4. The summed E-state index contributed by atoms with van der Waals surface area (Å²) in [6.07, 6.45) is 0.952. The first-order valence-electron chi connectivity index (χ1n) is 6.66. The van der Waals surface area contributed by atoms with Gasteiger partial charge in [-0.25, -0.2) is 9.18 Å². The number of carbonyl (C=O) groups is 2. The van der Waals surface area contributed by atoms with Crippen LogP contribution in [0.3, 0.4) is 0 Å². The van der Waals surface area contributed by atoms with E-state index in [4.69, 9.17) is 5.11 Å². The molecule has 3 rings (SSSR count).